The zero-order valence-corrected chi connectivity index (χ0v) is 12.9. The summed E-state index contributed by atoms with van der Waals surface area (Å²) < 4.78 is 0. The lowest BCUT2D eigenvalue weighted by molar-refractivity contribution is 0.153. The molecule has 1 N–H and O–H groups in total. The van der Waals surface area contributed by atoms with Gasteiger partial charge in [0.05, 0.1) is 0 Å². The molecule has 2 atom stereocenters. The quantitative estimate of drug-likeness (QED) is 0.872. The summed E-state index contributed by atoms with van der Waals surface area (Å²) in [5.74, 6) is 0. The fourth-order valence-corrected chi connectivity index (χ4v) is 3.26. The number of nitrogens with one attached hydrogen (secondary N) is 1. The average Bonchev–Trinajstić information content (AvgIpc) is 2.92. The molecule has 106 valence electrons. The van der Waals surface area contributed by atoms with Gasteiger partial charge in [-0.2, -0.15) is 0 Å². The van der Waals surface area contributed by atoms with E-state index in [1.807, 2.05) is 0 Å². The maximum Gasteiger partial charge on any atom is 0.0326 e. The first-order valence-electron chi connectivity index (χ1n) is 7.67. The van der Waals surface area contributed by atoms with E-state index in [0.29, 0.717) is 12.1 Å². The van der Waals surface area contributed by atoms with Crippen LogP contribution in [0.5, 0.6) is 0 Å². The fourth-order valence-electron chi connectivity index (χ4n) is 3.26. The highest BCUT2D eigenvalue weighted by molar-refractivity contribution is 5.32. The Morgan fingerprint density at radius 1 is 1.37 bits per heavy atom. The monoisotopic (exact) mass is 260 g/mol. The molecule has 0 bridgehead atoms. The van der Waals surface area contributed by atoms with Crippen molar-refractivity contribution in [3.8, 4) is 0 Å². The second-order valence-corrected chi connectivity index (χ2v) is 5.92. The standard InChI is InChI=1S/C17H28N2/c1-5-10-19(16-8-9-18-12-16)15(4)17-11-13(2)6-7-14(17)3/h6-7,11,15-16,18H,5,8-10,12H2,1-4H3. The van der Waals surface area contributed by atoms with E-state index in [0.717, 1.165) is 6.54 Å². The van der Waals surface area contributed by atoms with E-state index in [9.17, 15) is 0 Å². The first-order chi connectivity index (χ1) is 9.13. The van der Waals surface area contributed by atoms with E-state index in [1.165, 1.54) is 42.6 Å². The van der Waals surface area contributed by atoms with Crippen molar-refractivity contribution in [3.63, 3.8) is 0 Å². The van der Waals surface area contributed by atoms with E-state index in [1.54, 1.807) is 0 Å². The molecule has 2 unspecified atom stereocenters. The molecule has 1 aromatic carbocycles. The van der Waals surface area contributed by atoms with Gasteiger partial charge in [-0.25, -0.2) is 0 Å². The largest absolute Gasteiger partial charge is 0.315 e. The van der Waals surface area contributed by atoms with Gasteiger partial charge >= 0.3 is 0 Å². The highest BCUT2D eigenvalue weighted by Gasteiger charge is 2.27. The first kappa shape index (κ1) is 14.5. The van der Waals surface area contributed by atoms with Crippen molar-refractivity contribution < 1.29 is 0 Å². The zero-order valence-electron chi connectivity index (χ0n) is 12.9. The summed E-state index contributed by atoms with van der Waals surface area (Å²) >= 11 is 0. The minimum atomic E-state index is 0.518. The molecule has 0 amide bonds. The van der Waals surface area contributed by atoms with Gasteiger partial charge in [-0.1, -0.05) is 30.7 Å². The Hall–Kier alpha value is -0.860. The third kappa shape index (κ3) is 3.37. The lowest BCUT2D eigenvalue weighted by atomic mass is 9.97. The van der Waals surface area contributed by atoms with E-state index in [-0.39, 0.29) is 0 Å². The molecule has 2 heteroatoms. The summed E-state index contributed by atoms with van der Waals surface area (Å²) in [5.41, 5.74) is 4.29. The maximum atomic E-state index is 3.50. The van der Waals surface area contributed by atoms with Gasteiger partial charge < -0.3 is 5.32 Å². The van der Waals surface area contributed by atoms with Gasteiger partial charge in [-0.05, 0) is 57.8 Å². The van der Waals surface area contributed by atoms with Gasteiger partial charge in [0.15, 0.2) is 0 Å². The number of rotatable bonds is 5. The number of benzene rings is 1. The highest BCUT2D eigenvalue weighted by atomic mass is 15.2. The third-order valence-electron chi connectivity index (χ3n) is 4.37. The summed E-state index contributed by atoms with van der Waals surface area (Å²) in [7, 11) is 0. The second-order valence-electron chi connectivity index (χ2n) is 5.92. The topological polar surface area (TPSA) is 15.3 Å². The van der Waals surface area contributed by atoms with Gasteiger partial charge in [-0.3, -0.25) is 4.90 Å². The van der Waals surface area contributed by atoms with Crippen LogP contribution in [0.1, 0.15) is 49.4 Å². The van der Waals surface area contributed by atoms with Crippen LogP contribution < -0.4 is 5.32 Å². The maximum absolute atomic E-state index is 3.50. The number of hydrogen-bond donors (Lipinski definition) is 1. The van der Waals surface area contributed by atoms with Crippen molar-refractivity contribution in [1.29, 1.82) is 0 Å². The molecule has 1 aliphatic rings. The van der Waals surface area contributed by atoms with E-state index < -0.39 is 0 Å². The number of aryl methyl sites for hydroxylation is 2. The van der Waals surface area contributed by atoms with Gasteiger partial charge in [-0.15, -0.1) is 0 Å². The molecule has 1 heterocycles. The Morgan fingerprint density at radius 2 is 2.16 bits per heavy atom. The van der Waals surface area contributed by atoms with Gasteiger partial charge in [0, 0.05) is 18.6 Å². The van der Waals surface area contributed by atoms with Crippen molar-refractivity contribution in [1.82, 2.24) is 10.2 Å². The molecule has 2 nitrogen and oxygen atoms in total. The van der Waals surface area contributed by atoms with Crippen LogP contribution >= 0.6 is 0 Å². The summed E-state index contributed by atoms with van der Waals surface area (Å²) in [6, 6.07) is 8.07. The van der Waals surface area contributed by atoms with Crippen LogP contribution in [0, 0.1) is 13.8 Å². The number of hydrogen-bond acceptors (Lipinski definition) is 2. The van der Waals surface area contributed by atoms with Crippen LogP contribution in [0.15, 0.2) is 18.2 Å². The minimum absolute atomic E-state index is 0.518. The van der Waals surface area contributed by atoms with Crippen LogP contribution in [0.25, 0.3) is 0 Å². The van der Waals surface area contributed by atoms with Crippen LogP contribution in [0.4, 0.5) is 0 Å². The van der Waals surface area contributed by atoms with Gasteiger partial charge in [0.25, 0.3) is 0 Å². The molecule has 1 aliphatic heterocycles. The zero-order chi connectivity index (χ0) is 13.8. The van der Waals surface area contributed by atoms with Crippen molar-refractivity contribution in [2.24, 2.45) is 0 Å². The average molecular weight is 260 g/mol. The molecule has 1 aromatic rings. The van der Waals surface area contributed by atoms with E-state index in [2.05, 4.69) is 56.1 Å². The number of nitrogens with zero attached hydrogens (tertiary/aromatic N) is 1. The smallest absolute Gasteiger partial charge is 0.0326 e. The van der Waals surface area contributed by atoms with Crippen LogP contribution in [-0.2, 0) is 0 Å². The van der Waals surface area contributed by atoms with Crippen LogP contribution in [0.2, 0.25) is 0 Å². The molecular weight excluding hydrogens is 232 g/mol. The molecule has 1 fully saturated rings. The Labute approximate surface area is 118 Å². The van der Waals surface area contributed by atoms with Gasteiger partial charge in [0.2, 0.25) is 0 Å². The lowest BCUT2D eigenvalue weighted by Gasteiger charge is -2.35. The first-order valence-corrected chi connectivity index (χ1v) is 7.67. The highest BCUT2D eigenvalue weighted by Crippen LogP contribution is 2.28. The predicted molar refractivity (Wildman–Crippen MR) is 82.6 cm³/mol. The summed E-state index contributed by atoms with van der Waals surface area (Å²) in [5, 5.41) is 3.50. The molecule has 1 saturated heterocycles. The van der Waals surface area contributed by atoms with Crippen molar-refractivity contribution in [2.45, 2.75) is 52.6 Å². The molecule has 0 aliphatic carbocycles. The Kier molecular flexibility index (Phi) is 5.00. The Morgan fingerprint density at radius 3 is 2.79 bits per heavy atom. The second kappa shape index (κ2) is 6.53. The van der Waals surface area contributed by atoms with Crippen molar-refractivity contribution >= 4 is 0 Å². The SMILES string of the molecule is CCCN(C1CCNC1)C(C)c1cc(C)ccc1C. The predicted octanol–water partition coefficient (Wildman–Crippen LogP) is 3.44. The van der Waals surface area contributed by atoms with E-state index in [4.69, 9.17) is 0 Å². The molecule has 0 aromatic heterocycles. The van der Waals surface area contributed by atoms with Crippen molar-refractivity contribution in [2.75, 3.05) is 19.6 Å². The summed E-state index contributed by atoms with van der Waals surface area (Å²) in [6.45, 7) is 12.6. The molecule has 0 radical (unpaired) electrons. The fraction of sp³-hybridized carbons (Fsp3) is 0.647. The normalized spacial score (nSPS) is 21.0. The van der Waals surface area contributed by atoms with Crippen LogP contribution in [0.3, 0.4) is 0 Å². The molecule has 0 saturated carbocycles. The lowest BCUT2D eigenvalue weighted by Crippen LogP contribution is -2.39. The Bertz CT molecular complexity index is 408. The molecule has 2 rings (SSSR count). The molecule has 19 heavy (non-hydrogen) atoms. The summed E-state index contributed by atoms with van der Waals surface area (Å²) in [6.07, 6.45) is 2.51. The van der Waals surface area contributed by atoms with E-state index >= 15 is 0 Å². The molecule has 0 spiro atoms. The van der Waals surface area contributed by atoms with Crippen LogP contribution in [-0.4, -0.2) is 30.6 Å². The van der Waals surface area contributed by atoms with Crippen molar-refractivity contribution in [3.05, 3.63) is 34.9 Å². The summed E-state index contributed by atoms with van der Waals surface area (Å²) in [4.78, 5) is 2.70. The third-order valence-corrected chi connectivity index (χ3v) is 4.37. The van der Waals surface area contributed by atoms with Gasteiger partial charge in [0.1, 0.15) is 0 Å². The Balaban J connectivity index is 2.22. The molecular formula is C17H28N2. The minimum Gasteiger partial charge on any atom is -0.315 e.